The first-order valence-electron chi connectivity index (χ1n) is 13.5. The fourth-order valence-electron chi connectivity index (χ4n) is 5.87. The second-order valence-corrected chi connectivity index (χ2v) is 12.9. The topological polar surface area (TPSA) is 81.2 Å². The average molecular weight is 512 g/mol. The average Bonchev–Trinajstić information content (AvgIpc) is 3.29. The van der Waals surface area contributed by atoms with E-state index in [0.717, 1.165) is 30.8 Å². The first-order valence-corrected chi connectivity index (χ1v) is 13.5. The zero-order chi connectivity index (χ0) is 26.4. The maximum absolute atomic E-state index is 13.0. The molecular formula is C29H41N3O5. The maximum Gasteiger partial charge on any atom is 0.410 e. The number of ether oxygens (including phenoxy) is 3. The van der Waals surface area contributed by atoms with Crippen LogP contribution in [0.1, 0.15) is 58.8 Å². The van der Waals surface area contributed by atoms with Crippen LogP contribution in [-0.4, -0.2) is 78.4 Å². The molecule has 2 atom stereocenters. The molecular weight excluding hydrogens is 470 g/mol. The van der Waals surface area contributed by atoms with Crippen molar-refractivity contribution in [3.63, 3.8) is 0 Å². The van der Waals surface area contributed by atoms with Gasteiger partial charge in [0.25, 0.3) is 0 Å². The Hall–Kier alpha value is -2.45. The third kappa shape index (κ3) is 5.70. The maximum atomic E-state index is 13.0. The van der Waals surface area contributed by atoms with Crippen molar-refractivity contribution in [2.24, 2.45) is 22.7 Å². The summed E-state index contributed by atoms with van der Waals surface area (Å²) in [6, 6.07) is 6.04. The number of rotatable bonds is 6. The lowest BCUT2D eigenvalue weighted by molar-refractivity contribution is -0.148. The number of amides is 2. The fraction of sp³-hybridized carbons (Fsp3) is 0.690. The molecule has 2 saturated heterocycles. The van der Waals surface area contributed by atoms with Crippen LogP contribution in [0.5, 0.6) is 0 Å². The van der Waals surface area contributed by atoms with Crippen molar-refractivity contribution in [1.82, 2.24) is 14.8 Å². The minimum atomic E-state index is -0.547. The van der Waals surface area contributed by atoms with Crippen LogP contribution in [-0.2, 0) is 25.6 Å². The van der Waals surface area contributed by atoms with Crippen molar-refractivity contribution in [1.29, 1.82) is 0 Å². The van der Waals surface area contributed by atoms with Crippen molar-refractivity contribution >= 4 is 17.6 Å². The quantitative estimate of drug-likeness (QED) is 0.571. The molecule has 8 heteroatoms. The van der Waals surface area contributed by atoms with E-state index in [4.69, 9.17) is 19.2 Å². The van der Waals surface area contributed by atoms with Gasteiger partial charge in [-0.1, -0.05) is 26.0 Å². The molecule has 1 aliphatic carbocycles. The number of carbonyl (C=O) groups is 2. The summed E-state index contributed by atoms with van der Waals surface area (Å²) < 4.78 is 17.3. The molecule has 2 amide bonds. The van der Waals surface area contributed by atoms with Gasteiger partial charge < -0.3 is 24.0 Å². The minimum Gasteiger partial charge on any atom is -0.444 e. The van der Waals surface area contributed by atoms with E-state index in [1.807, 2.05) is 43.9 Å². The number of aromatic nitrogens is 1. The molecule has 0 radical (unpaired) electrons. The number of carbonyl (C=O) groups excluding carboxylic acids is 2. The van der Waals surface area contributed by atoms with Crippen molar-refractivity contribution < 1.29 is 23.8 Å². The van der Waals surface area contributed by atoms with Crippen LogP contribution in [0.15, 0.2) is 24.3 Å². The molecule has 0 bridgehead atoms. The second kappa shape index (κ2) is 9.70. The van der Waals surface area contributed by atoms with Gasteiger partial charge in [-0.25, -0.2) is 4.79 Å². The molecule has 1 spiro atoms. The molecule has 0 N–H and O–H groups in total. The molecule has 0 aromatic carbocycles. The Morgan fingerprint density at radius 3 is 2.54 bits per heavy atom. The third-order valence-electron chi connectivity index (χ3n) is 8.27. The highest BCUT2D eigenvalue weighted by Crippen LogP contribution is 2.54. The highest BCUT2D eigenvalue weighted by Gasteiger charge is 2.60. The smallest absolute Gasteiger partial charge is 0.410 e. The van der Waals surface area contributed by atoms with Gasteiger partial charge in [0.05, 0.1) is 37.8 Å². The van der Waals surface area contributed by atoms with E-state index < -0.39 is 5.60 Å². The highest BCUT2D eigenvalue weighted by molar-refractivity contribution is 5.83. The zero-order valence-electron chi connectivity index (χ0n) is 22.9. The number of hydrogen-bond donors (Lipinski definition) is 0. The van der Waals surface area contributed by atoms with Gasteiger partial charge in [-0.2, -0.15) is 0 Å². The van der Waals surface area contributed by atoms with Gasteiger partial charge in [-0.15, -0.1) is 0 Å². The van der Waals surface area contributed by atoms with Crippen molar-refractivity contribution in [3.8, 4) is 0 Å². The van der Waals surface area contributed by atoms with Crippen molar-refractivity contribution in [3.05, 3.63) is 35.7 Å². The Labute approximate surface area is 220 Å². The Kier molecular flexibility index (Phi) is 6.86. The van der Waals surface area contributed by atoms with Crippen molar-refractivity contribution in [2.45, 2.75) is 59.7 Å². The predicted octanol–water partition coefficient (Wildman–Crippen LogP) is 4.14. The van der Waals surface area contributed by atoms with Gasteiger partial charge in [0.2, 0.25) is 5.91 Å². The van der Waals surface area contributed by atoms with E-state index in [2.05, 4.69) is 19.9 Å². The van der Waals surface area contributed by atoms with Crippen LogP contribution >= 0.6 is 0 Å². The van der Waals surface area contributed by atoms with Crippen LogP contribution in [0.4, 0.5) is 4.79 Å². The molecule has 4 aliphatic rings. The predicted molar refractivity (Wildman–Crippen MR) is 140 cm³/mol. The summed E-state index contributed by atoms with van der Waals surface area (Å²) in [6.45, 7) is 14.8. The van der Waals surface area contributed by atoms with Crippen LogP contribution in [0, 0.1) is 22.7 Å². The van der Waals surface area contributed by atoms with Gasteiger partial charge in [0.15, 0.2) is 0 Å². The molecule has 37 heavy (non-hydrogen) atoms. The molecule has 202 valence electrons. The molecule has 3 aliphatic heterocycles. The number of nitrogens with zero attached hydrogens (tertiary/aromatic N) is 3. The summed E-state index contributed by atoms with van der Waals surface area (Å²) in [4.78, 5) is 34.5. The SMILES string of the molecule is CC(C)(C)OC(=O)N1CC(COCc2cccc(C3=CCOCC3)n2)C2(C1)CN(C(=O)[C@H]1CC1(C)C)C2. The van der Waals surface area contributed by atoms with E-state index in [0.29, 0.717) is 46.0 Å². The Bertz CT molecular complexity index is 1070. The van der Waals surface area contributed by atoms with E-state index in [-0.39, 0.29) is 34.7 Å². The lowest BCUT2D eigenvalue weighted by Gasteiger charge is -2.51. The summed E-state index contributed by atoms with van der Waals surface area (Å²) in [7, 11) is 0. The summed E-state index contributed by atoms with van der Waals surface area (Å²) in [5.41, 5.74) is 2.51. The van der Waals surface area contributed by atoms with Gasteiger partial charge in [-0.05, 0) is 56.7 Å². The van der Waals surface area contributed by atoms with Gasteiger partial charge >= 0.3 is 6.09 Å². The highest BCUT2D eigenvalue weighted by atomic mass is 16.6. The summed E-state index contributed by atoms with van der Waals surface area (Å²) in [5, 5.41) is 0. The summed E-state index contributed by atoms with van der Waals surface area (Å²) in [5.74, 6) is 0.527. The van der Waals surface area contributed by atoms with E-state index in [9.17, 15) is 9.59 Å². The van der Waals surface area contributed by atoms with Gasteiger partial charge in [-0.3, -0.25) is 9.78 Å². The Balaban J connectivity index is 1.22. The van der Waals surface area contributed by atoms with Crippen molar-refractivity contribution in [2.75, 3.05) is 46.0 Å². The van der Waals surface area contributed by atoms with Gasteiger partial charge in [0, 0.05) is 43.4 Å². The van der Waals surface area contributed by atoms with E-state index >= 15 is 0 Å². The lowest BCUT2D eigenvalue weighted by atomic mass is 9.71. The fourth-order valence-corrected chi connectivity index (χ4v) is 5.87. The number of pyridine rings is 1. The van der Waals surface area contributed by atoms with E-state index in [1.54, 1.807) is 4.90 Å². The standard InChI is InChI=1S/C29H41N3O5/c1-27(2,3)37-26(34)31-14-21(29(17-31)18-32(19-29)25(33)23-13-28(23,4)5)15-36-16-22-7-6-8-24(30-22)20-9-11-35-12-10-20/h6-9,21,23H,10-19H2,1-5H3/t21?,23-/m1/s1. The van der Waals surface area contributed by atoms with Crippen LogP contribution < -0.4 is 0 Å². The normalized spacial score (nSPS) is 26.0. The number of likely N-dealkylation sites (tertiary alicyclic amines) is 2. The molecule has 8 nitrogen and oxygen atoms in total. The molecule has 5 rings (SSSR count). The van der Waals surface area contributed by atoms with Crippen LogP contribution in [0.25, 0.3) is 5.57 Å². The molecule has 1 unspecified atom stereocenters. The molecule has 1 saturated carbocycles. The lowest BCUT2D eigenvalue weighted by Crippen LogP contribution is -2.63. The number of hydrogen-bond acceptors (Lipinski definition) is 6. The summed E-state index contributed by atoms with van der Waals surface area (Å²) >= 11 is 0. The summed E-state index contributed by atoms with van der Waals surface area (Å²) in [6.07, 6.45) is 3.63. The monoisotopic (exact) mass is 511 g/mol. The largest absolute Gasteiger partial charge is 0.444 e. The first kappa shape index (κ1) is 26.2. The van der Waals surface area contributed by atoms with Gasteiger partial charge in [0.1, 0.15) is 5.60 Å². The Morgan fingerprint density at radius 2 is 1.89 bits per heavy atom. The Morgan fingerprint density at radius 1 is 1.16 bits per heavy atom. The first-order chi connectivity index (χ1) is 17.5. The molecule has 4 heterocycles. The third-order valence-corrected chi connectivity index (χ3v) is 8.27. The second-order valence-electron chi connectivity index (χ2n) is 12.9. The van der Waals surface area contributed by atoms with Crippen LogP contribution in [0.2, 0.25) is 0 Å². The van der Waals surface area contributed by atoms with Crippen LogP contribution in [0.3, 0.4) is 0 Å². The molecule has 3 fully saturated rings. The minimum absolute atomic E-state index is 0.114. The van der Waals surface area contributed by atoms with E-state index in [1.165, 1.54) is 5.57 Å². The zero-order valence-corrected chi connectivity index (χ0v) is 22.9. The molecule has 1 aromatic heterocycles. The molecule has 1 aromatic rings.